The topological polar surface area (TPSA) is 87.7 Å². The predicted octanol–water partition coefficient (Wildman–Crippen LogP) is 1.73. The number of ether oxygens (including phenoxy) is 1. The number of carbonyl (C=O) groups is 3. The minimum Gasteiger partial charge on any atom is -0.385 e. The van der Waals surface area contributed by atoms with Crippen molar-refractivity contribution in [2.24, 2.45) is 5.92 Å². The molecule has 0 bridgehead atoms. The van der Waals surface area contributed by atoms with Crippen molar-refractivity contribution in [1.29, 1.82) is 0 Å². The molecular formula is C21H30FN3O4. The summed E-state index contributed by atoms with van der Waals surface area (Å²) in [6.45, 7) is 3.94. The highest BCUT2D eigenvalue weighted by Crippen LogP contribution is 2.22. The third-order valence-corrected chi connectivity index (χ3v) is 5.17. The number of carbonyl (C=O) groups excluding carboxylic acids is 3. The van der Waals surface area contributed by atoms with E-state index in [1.54, 1.807) is 12.0 Å². The molecule has 1 aromatic rings. The fraction of sp³-hybridized carbons (Fsp3) is 0.571. The van der Waals surface area contributed by atoms with Crippen LogP contribution in [-0.2, 0) is 14.3 Å². The van der Waals surface area contributed by atoms with Gasteiger partial charge in [-0.1, -0.05) is 6.92 Å². The zero-order valence-corrected chi connectivity index (χ0v) is 17.1. The molecule has 1 fully saturated rings. The van der Waals surface area contributed by atoms with Crippen LogP contribution >= 0.6 is 0 Å². The molecular weight excluding hydrogens is 377 g/mol. The predicted molar refractivity (Wildman–Crippen MR) is 107 cm³/mol. The molecule has 1 saturated heterocycles. The van der Waals surface area contributed by atoms with Crippen molar-refractivity contribution in [3.8, 4) is 0 Å². The van der Waals surface area contributed by atoms with Crippen LogP contribution in [-0.4, -0.2) is 62.0 Å². The summed E-state index contributed by atoms with van der Waals surface area (Å²) in [7, 11) is 1.60. The molecule has 160 valence electrons. The summed E-state index contributed by atoms with van der Waals surface area (Å²) < 4.78 is 18.1. The second-order valence-electron chi connectivity index (χ2n) is 7.17. The molecule has 0 unspecified atom stereocenters. The molecule has 29 heavy (non-hydrogen) atoms. The number of hydrogen-bond acceptors (Lipinski definition) is 4. The number of methoxy groups -OCH3 is 1. The van der Waals surface area contributed by atoms with Crippen LogP contribution in [0.3, 0.4) is 0 Å². The van der Waals surface area contributed by atoms with Crippen LogP contribution < -0.4 is 10.6 Å². The molecule has 0 aromatic heterocycles. The summed E-state index contributed by atoms with van der Waals surface area (Å²) in [4.78, 5) is 39.1. The third-order valence-electron chi connectivity index (χ3n) is 5.17. The molecule has 1 aliphatic rings. The lowest BCUT2D eigenvalue weighted by Gasteiger charge is -2.35. The Morgan fingerprint density at radius 1 is 1.21 bits per heavy atom. The second kappa shape index (κ2) is 11.5. The number of hydrogen-bond donors (Lipinski definition) is 2. The van der Waals surface area contributed by atoms with Crippen LogP contribution in [0, 0.1) is 11.7 Å². The van der Waals surface area contributed by atoms with E-state index in [-0.39, 0.29) is 17.7 Å². The van der Waals surface area contributed by atoms with E-state index in [1.165, 1.54) is 24.3 Å². The Kier molecular flexibility index (Phi) is 9.05. The number of likely N-dealkylation sites (tertiary alicyclic amines) is 1. The quantitative estimate of drug-likeness (QED) is 0.611. The van der Waals surface area contributed by atoms with E-state index in [0.717, 1.165) is 0 Å². The van der Waals surface area contributed by atoms with Gasteiger partial charge in [-0.15, -0.1) is 0 Å². The molecule has 2 N–H and O–H groups in total. The smallest absolute Gasteiger partial charge is 0.251 e. The monoisotopic (exact) mass is 407 g/mol. The van der Waals surface area contributed by atoms with Gasteiger partial charge in [0, 0.05) is 45.3 Å². The van der Waals surface area contributed by atoms with Crippen LogP contribution in [0.5, 0.6) is 0 Å². The van der Waals surface area contributed by atoms with Gasteiger partial charge in [0.25, 0.3) is 5.91 Å². The Labute approximate surface area is 171 Å². The van der Waals surface area contributed by atoms with Gasteiger partial charge in [-0.2, -0.15) is 0 Å². The Hall–Kier alpha value is -2.48. The van der Waals surface area contributed by atoms with E-state index >= 15 is 0 Å². The zero-order chi connectivity index (χ0) is 21.2. The number of piperidine rings is 1. The number of rotatable bonds is 9. The van der Waals surface area contributed by atoms with Gasteiger partial charge in [-0.25, -0.2) is 4.39 Å². The molecule has 0 spiro atoms. The lowest BCUT2D eigenvalue weighted by molar-refractivity contribution is -0.132. The SMILES string of the molecule is CCC(=O)N1CCC([C@@H](NC(=O)c2ccc(F)cc2)C(=O)NCCCOC)CC1. The summed E-state index contributed by atoms with van der Waals surface area (Å²) in [6, 6.07) is 4.49. The van der Waals surface area contributed by atoms with E-state index in [4.69, 9.17) is 4.74 Å². The van der Waals surface area contributed by atoms with Gasteiger partial charge in [0.1, 0.15) is 11.9 Å². The Morgan fingerprint density at radius 3 is 2.45 bits per heavy atom. The van der Waals surface area contributed by atoms with E-state index < -0.39 is 17.8 Å². The fourth-order valence-corrected chi connectivity index (χ4v) is 3.47. The summed E-state index contributed by atoms with van der Waals surface area (Å²) in [5.74, 6) is -1.09. The number of halogens is 1. The minimum absolute atomic E-state index is 0.0808. The molecule has 1 heterocycles. The third kappa shape index (κ3) is 6.81. The Balaban J connectivity index is 2.04. The lowest BCUT2D eigenvalue weighted by atomic mass is 9.88. The first kappa shape index (κ1) is 22.8. The highest BCUT2D eigenvalue weighted by atomic mass is 19.1. The number of benzene rings is 1. The molecule has 3 amide bonds. The summed E-state index contributed by atoms with van der Waals surface area (Å²) in [5, 5.41) is 5.66. The van der Waals surface area contributed by atoms with E-state index in [9.17, 15) is 18.8 Å². The van der Waals surface area contributed by atoms with E-state index in [1.807, 2.05) is 6.92 Å². The first-order valence-corrected chi connectivity index (χ1v) is 10.1. The minimum atomic E-state index is -0.714. The summed E-state index contributed by atoms with van der Waals surface area (Å²) in [6.07, 6.45) is 2.39. The highest BCUT2D eigenvalue weighted by molar-refractivity contribution is 5.97. The van der Waals surface area contributed by atoms with Crippen molar-refractivity contribution >= 4 is 17.7 Å². The highest BCUT2D eigenvalue weighted by Gasteiger charge is 2.33. The van der Waals surface area contributed by atoms with Crippen molar-refractivity contribution in [2.75, 3.05) is 33.4 Å². The van der Waals surface area contributed by atoms with E-state index in [2.05, 4.69) is 10.6 Å². The normalized spacial score (nSPS) is 15.6. The lowest BCUT2D eigenvalue weighted by Crippen LogP contribution is -2.54. The first-order chi connectivity index (χ1) is 14.0. The Bertz CT molecular complexity index is 688. The van der Waals surface area contributed by atoms with Crippen molar-refractivity contribution < 1.29 is 23.5 Å². The summed E-state index contributed by atoms with van der Waals surface area (Å²) >= 11 is 0. The molecule has 8 heteroatoms. The average Bonchev–Trinajstić information content (AvgIpc) is 2.74. The second-order valence-corrected chi connectivity index (χ2v) is 7.17. The van der Waals surface area contributed by atoms with Gasteiger partial charge in [0.2, 0.25) is 11.8 Å². The van der Waals surface area contributed by atoms with Crippen molar-refractivity contribution in [3.63, 3.8) is 0 Å². The van der Waals surface area contributed by atoms with Gasteiger partial charge >= 0.3 is 0 Å². The van der Waals surface area contributed by atoms with Crippen LogP contribution in [0.2, 0.25) is 0 Å². The Morgan fingerprint density at radius 2 is 1.86 bits per heavy atom. The van der Waals surface area contributed by atoms with Crippen molar-refractivity contribution in [1.82, 2.24) is 15.5 Å². The maximum atomic E-state index is 13.1. The number of nitrogens with zero attached hydrogens (tertiary/aromatic N) is 1. The van der Waals surface area contributed by atoms with Gasteiger partial charge in [-0.05, 0) is 49.4 Å². The molecule has 0 radical (unpaired) electrons. The summed E-state index contributed by atoms with van der Waals surface area (Å²) in [5.41, 5.74) is 0.294. The standard InChI is InChI=1S/C21H30FN3O4/c1-3-18(26)25-12-9-15(10-13-25)19(21(28)23-11-4-14-29-2)24-20(27)16-5-7-17(22)8-6-16/h5-8,15,19H,3-4,9-14H2,1-2H3,(H,23,28)(H,24,27)/t19-/m1/s1. The maximum absolute atomic E-state index is 13.1. The zero-order valence-electron chi connectivity index (χ0n) is 17.1. The molecule has 7 nitrogen and oxygen atoms in total. The van der Waals surface area contributed by atoms with Crippen LogP contribution in [0.4, 0.5) is 4.39 Å². The molecule has 0 saturated carbocycles. The fourth-order valence-electron chi connectivity index (χ4n) is 3.47. The van der Waals surface area contributed by atoms with Gasteiger partial charge < -0.3 is 20.3 Å². The molecule has 0 aliphatic carbocycles. The van der Waals surface area contributed by atoms with Crippen LogP contribution in [0.1, 0.15) is 43.0 Å². The first-order valence-electron chi connectivity index (χ1n) is 10.1. The van der Waals surface area contributed by atoms with Gasteiger partial charge in [-0.3, -0.25) is 14.4 Å². The van der Waals surface area contributed by atoms with Crippen molar-refractivity contribution in [2.45, 2.75) is 38.6 Å². The average molecular weight is 407 g/mol. The van der Waals surface area contributed by atoms with Crippen LogP contribution in [0.15, 0.2) is 24.3 Å². The van der Waals surface area contributed by atoms with Crippen LogP contribution in [0.25, 0.3) is 0 Å². The van der Waals surface area contributed by atoms with Gasteiger partial charge in [0.05, 0.1) is 0 Å². The molecule has 1 atom stereocenters. The molecule has 1 aromatic carbocycles. The molecule has 1 aliphatic heterocycles. The van der Waals surface area contributed by atoms with Gasteiger partial charge in [0.15, 0.2) is 0 Å². The largest absolute Gasteiger partial charge is 0.385 e. The maximum Gasteiger partial charge on any atom is 0.251 e. The van der Waals surface area contributed by atoms with Crippen molar-refractivity contribution in [3.05, 3.63) is 35.6 Å². The molecule has 2 rings (SSSR count). The van der Waals surface area contributed by atoms with E-state index in [0.29, 0.717) is 57.5 Å². The number of nitrogens with one attached hydrogen (secondary N) is 2. The number of amides is 3.